The van der Waals surface area contributed by atoms with Gasteiger partial charge >= 0.3 is 0 Å². The van der Waals surface area contributed by atoms with Gasteiger partial charge in [0.15, 0.2) is 0 Å². The van der Waals surface area contributed by atoms with Gasteiger partial charge in [-0.1, -0.05) is 32.9 Å². The van der Waals surface area contributed by atoms with Crippen LogP contribution in [-0.4, -0.2) is 8.75 Å². The molecule has 5 heteroatoms. The average Bonchev–Trinajstić information content (AvgIpc) is 3.37. The smallest absolute Gasteiger partial charge is 0.114 e. The summed E-state index contributed by atoms with van der Waals surface area (Å²) in [6, 6.07) is 8.57. The lowest BCUT2D eigenvalue weighted by Gasteiger charge is -2.15. The molecule has 0 fully saturated rings. The Morgan fingerprint density at radius 1 is 0.875 bits per heavy atom. The van der Waals surface area contributed by atoms with E-state index in [1.165, 1.54) is 43.7 Å². The van der Waals surface area contributed by atoms with Crippen molar-refractivity contribution < 1.29 is 0 Å². The van der Waals surface area contributed by atoms with E-state index in [4.69, 9.17) is 0 Å². The molecule has 3 heterocycles. The summed E-state index contributed by atoms with van der Waals surface area (Å²) in [5, 5.41) is 4.25. The van der Waals surface area contributed by atoms with Crippen molar-refractivity contribution in [3.8, 4) is 20.9 Å². The molecule has 3 aromatic heterocycles. The molecule has 0 bridgehead atoms. The molecule has 4 rings (SSSR count). The molecule has 4 aromatic rings. The molecule has 0 spiro atoms. The summed E-state index contributed by atoms with van der Waals surface area (Å²) in [6.07, 6.45) is 1.00. The van der Waals surface area contributed by atoms with Crippen molar-refractivity contribution >= 4 is 45.4 Å². The van der Waals surface area contributed by atoms with Crippen LogP contribution in [0.4, 0.5) is 0 Å². The van der Waals surface area contributed by atoms with E-state index in [0.29, 0.717) is 0 Å². The lowest BCUT2D eigenvalue weighted by molar-refractivity contribution is 1.12. The van der Waals surface area contributed by atoms with Crippen LogP contribution >= 0.6 is 34.4 Å². The Kier molecular flexibility index (Phi) is 5.43. The van der Waals surface area contributed by atoms with Crippen molar-refractivity contribution in [1.29, 1.82) is 0 Å². The van der Waals surface area contributed by atoms with Crippen LogP contribution in [0.15, 0.2) is 35.0 Å². The molecule has 0 aliphatic rings. The Morgan fingerprint density at radius 3 is 1.92 bits per heavy atom. The molecule has 0 radical (unpaired) electrons. The van der Waals surface area contributed by atoms with Gasteiger partial charge in [-0.15, -0.1) is 22.7 Å². The van der Waals surface area contributed by atoms with E-state index in [0.717, 1.165) is 17.5 Å². The summed E-state index contributed by atoms with van der Waals surface area (Å²) < 4.78 is 9.26. The first-order valence-corrected chi connectivity index (χ1v) is 10.7. The first kappa shape index (κ1) is 17.3. The Morgan fingerprint density at radius 2 is 1.42 bits per heavy atom. The topological polar surface area (TPSA) is 25.8 Å². The number of aromatic nitrogens is 2. The molecule has 0 saturated heterocycles. The Bertz CT molecular complexity index is 920. The van der Waals surface area contributed by atoms with Gasteiger partial charge in [0.05, 0.1) is 11.7 Å². The third-order valence-electron chi connectivity index (χ3n) is 3.98. The molecular weight excluding hydrogens is 352 g/mol. The van der Waals surface area contributed by atoms with Gasteiger partial charge in [-0.05, 0) is 47.4 Å². The summed E-state index contributed by atoms with van der Waals surface area (Å²) in [5.74, 6) is 0. The molecule has 1 aromatic carbocycles. The molecule has 0 aliphatic heterocycles. The number of rotatable bonds is 3. The van der Waals surface area contributed by atoms with Crippen LogP contribution in [0.2, 0.25) is 0 Å². The van der Waals surface area contributed by atoms with E-state index in [1.54, 1.807) is 22.7 Å². The SMILES string of the molecule is CC.CCc1c(C)c(-c2cccs2)c2nsnc2c1-c1cccs1. The fourth-order valence-electron chi connectivity index (χ4n) is 3.03. The van der Waals surface area contributed by atoms with Crippen LogP contribution in [0.25, 0.3) is 31.9 Å². The predicted molar refractivity (Wildman–Crippen MR) is 110 cm³/mol. The van der Waals surface area contributed by atoms with Crippen LogP contribution in [0, 0.1) is 6.92 Å². The van der Waals surface area contributed by atoms with Gasteiger partial charge < -0.3 is 0 Å². The van der Waals surface area contributed by atoms with Crippen LogP contribution in [0.1, 0.15) is 31.9 Å². The average molecular weight is 373 g/mol. The molecule has 24 heavy (non-hydrogen) atoms. The third kappa shape index (κ3) is 2.81. The van der Waals surface area contributed by atoms with E-state index in [2.05, 4.69) is 57.6 Å². The van der Waals surface area contributed by atoms with Gasteiger partial charge in [0, 0.05) is 20.9 Å². The van der Waals surface area contributed by atoms with Crippen LogP contribution in [0.5, 0.6) is 0 Å². The van der Waals surface area contributed by atoms with E-state index >= 15 is 0 Å². The first-order valence-electron chi connectivity index (χ1n) is 8.16. The first-order chi connectivity index (χ1) is 11.8. The quantitative estimate of drug-likeness (QED) is 0.385. The van der Waals surface area contributed by atoms with Crippen molar-refractivity contribution in [3.63, 3.8) is 0 Å². The molecule has 0 amide bonds. The third-order valence-corrected chi connectivity index (χ3v) is 6.28. The van der Waals surface area contributed by atoms with Crippen molar-refractivity contribution in [3.05, 3.63) is 46.2 Å². The zero-order valence-electron chi connectivity index (χ0n) is 14.3. The maximum absolute atomic E-state index is 4.64. The van der Waals surface area contributed by atoms with E-state index in [9.17, 15) is 0 Å². The monoisotopic (exact) mass is 372 g/mol. The lowest BCUT2D eigenvalue weighted by atomic mass is 9.91. The van der Waals surface area contributed by atoms with Gasteiger partial charge in [-0.25, -0.2) is 0 Å². The number of hydrogen-bond donors (Lipinski definition) is 0. The molecule has 0 unspecified atom stereocenters. The van der Waals surface area contributed by atoms with Gasteiger partial charge in [0.25, 0.3) is 0 Å². The van der Waals surface area contributed by atoms with E-state index < -0.39 is 0 Å². The standard InChI is InChI=1S/C17H14N2S3.C2H6/c1-3-11-10(2)14(12-6-4-8-20-12)16-17(19-22-18-16)15(11)13-7-5-9-21-13;1-2/h4-9H,3H2,1-2H3;1-2H3. The minimum Gasteiger partial charge on any atom is -0.172 e. The number of thiophene rings is 2. The molecule has 0 atom stereocenters. The highest BCUT2D eigenvalue weighted by Crippen LogP contribution is 2.43. The van der Waals surface area contributed by atoms with E-state index in [-0.39, 0.29) is 0 Å². The zero-order valence-corrected chi connectivity index (χ0v) is 16.7. The fraction of sp³-hybridized carbons (Fsp3) is 0.263. The van der Waals surface area contributed by atoms with Crippen LogP contribution in [-0.2, 0) is 6.42 Å². The van der Waals surface area contributed by atoms with Gasteiger partial charge in [0.1, 0.15) is 11.0 Å². The van der Waals surface area contributed by atoms with Gasteiger partial charge in [-0.2, -0.15) is 8.75 Å². The highest BCUT2D eigenvalue weighted by atomic mass is 32.1. The second-order valence-corrected chi connectivity index (χ2v) is 7.55. The molecule has 0 N–H and O–H groups in total. The summed E-state index contributed by atoms with van der Waals surface area (Å²) in [4.78, 5) is 2.57. The molecule has 0 aliphatic carbocycles. The lowest BCUT2D eigenvalue weighted by Crippen LogP contribution is -1.96. The highest BCUT2D eigenvalue weighted by molar-refractivity contribution is 7.14. The molecule has 124 valence electrons. The van der Waals surface area contributed by atoms with Gasteiger partial charge in [0.2, 0.25) is 0 Å². The highest BCUT2D eigenvalue weighted by Gasteiger charge is 2.21. The molecule has 2 nitrogen and oxygen atoms in total. The number of benzene rings is 1. The van der Waals surface area contributed by atoms with Crippen molar-refractivity contribution in [2.45, 2.75) is 34.1 Å². The largest absolute Gasteiger partial charge is 0.172 e. The molecule has 0 saturated carbocycles. The number of hydrogen-bond acceptors (Lipinski definition) is 5. The maximum atomic E-state index is 4.64. The number of fused-ring (bicyclic) bond motifs is 1. The summed E-state index contributed by atoms with van der Waals surface area (Å²) in [7, 11) is 0. The van der Waals surface area contributed by atoms with Crippen molar-refractivity contribution in [2.24, 2.45) is 0 Å². The summed E-state index contributed by atoms with van der Waals surface area (Å²) in [6.45, 7) is 8.45. The normalized spacial score (nSPS) is 10.7. The zero-order chi connectivity index (χ0) is 17.1. The molecular formula is C19H20N2S3. The number of nitrogens with zero attached hydrogens (tertiary/aromatic N) is 2. The Hall–Kier alpha value is -1.56. The maximum Gasteiger partial charge on any atom is 0.114 e. The minimum absolute atomic E-state index is 1.00. The fourth-order valence-corrected chi connectivity index (χ4v) is 5.21. The van der Waals surface area contributed by atoms with Crippen molar-refractivity contribution in [1.82, 2.24) is 8.75 Å². The van der Waals surface area contributed by atoms with Gasteiger partial charge in [-0.3, -0.25) is 0 Å². The Labute approximate surface area is 155 Å². The summed E-state index contributed by atoms with van der Waals surface area (Å²) >= 11 is 4.86. The van der Waals surface area contributed by atoms with E-state index in [1.807, 2.05) is 13.8 Å². The summed E-state index contributed by atoms with van der Waals surface area (Å²) in [5.41, 5.74) is 7.37. The minimum atomic E-state index is 1.00. The predicted octanol–water partition coefficient (Wildman–Crippen LogP) is 7.05. The van der Waals surface area contributed by atoms with Crippen LogP contribution < -0.4 is 0 Å². The second-order valence-electron chi connectivity index (χ2n) is 5.12. The van der Waals surface area contributed by atoms with Crippen LogP contribution in [0.3, 0.4) is 0 Å². The second kappa shape index (κ2) is 7.55. The Balaban J connectivity index is 0.000000815. The van der Waals surface area contributed by atoms with Crippen molar-refractivity contribution in [2.75, 3.05) is 0 Å².